The number of rotatable bonds is 5. The van der Waals surface area contributed by atoms with Gasteiger partial charge in [-0.2, -0.15) is 0 Å². The van der Waals surface area contributed by atoms with Crippen molar-refractivity contribution in [3.05, 3.63) is 59.4 Å². The number of aryl methyl sites for hydroxylation is 1. The van der Waals surface area contributed by atoms with E-state index in [4.69, 9.17) is 5.73 Å². The first-order valence-electron chi connectivity index (χ1n) is 7.16. The summed E-state index contributed by atoms with van der Waals surface area (Å²) in [6, 6.07) is 11.3. The second-order valence-electron chi connectivity index (χ2n) is 5.16. The maximum Gasteiger partial charge on any atom is 0.255 e. The fourth-order valence-corrected chi connectivity index (χ4v) is 2.21. The molecular formula is C17H21N3O. The molecule has 1 heterocycles. The first kappa shape index (κ1) is 15.0. The average Bonchev–Trinajstić information content (AvgIpc) is 2.47. The molecule has 2 aromatic rings. The van der Waals surface area contributed by atoms with Crippen molar-refractivity contribution < 1.29 is 4.79 Å². The van der Waals surface area contributed by atoms with Crippen LogP contribution in [0, 0.1) is 6.92 Å². The van der Waals surface area contributed by atoms with Gasteiger partial charge in [0.2, 0.25) is 0 Å². The Hall–Kier alpha value is -2.36. The summed E-state index contributed by atoms with van der Waals surface area (Å²) in [6.45, 7) is 5.24. The number of carbonyl (C=O) groups excluding carboxylic acids is 1. The monoisotopic (exact) mass is 283 g/mol. The summed E-state index contributed by atoms with van der Waals surface area (Å²) in [6.07, 6.45) is 2.55. The summed E-state index contributed by atoms with van der Waals surface area (Å²) < 4.78 is 0. The fourth-order valence-electron chi connectivity index (χ4n) is 2.21. The van der Waals surface area contributed by atoms with Crippen molar-refractivity contribution in [2.75, 3.05) is 12.3 Å². The molecule has 0 radical (unpaired) electrons. The molecule has 4 nitrogen and oxygen atoms in total. The van der Waals surface area contributed by atoms with Crippen LogP contribution in [0.25, 0.3) is 0 Å². The molecule has 4 heteroatoms. The van der Waals surface area contributed by atoms with Crippen LogP contribution in [0.4, 0.5) is 5.69 Å². The molecule has 110 valence electrons. The molecule has 0 saturated carbocycles. The molecule has 0 aliphatic rings. The Labute approximate surface area is 125 Å². The van der Waals surface area contributed by atoms with E-state index in [1.807, 2.05) is 48.2 Å². The van der Waals surface area contributed by atoms with Crippen LogP contribution in [0.5, 0.6) is 0 Å². The minimum absolute atomic E-state index is 0.00627. The molecule has 0 bridgehead atoms. The molecule has 0 fully saturated rings. The molecule has 0 unspecified atom stereocenters. The maximum atomic E-state index is 12.6. The zero-order valence-electron chi connectivity index (χ0n) is 12.5. The number of pyridine rings is 1. The molecule has 2 rings (SSSR count). The number of anilines is 1. The normalized spacial score (nSPS) is 10.4. The van der Waals surface area contributed by atoms with E-state index in [2.05, 4.69) is 11.9 Å². The highest BCUT2D eigenvalue weighted by atomic mass is 16.2. The van der Waals surface area contributed by atoms with Gasteiger partial charge >= 0.3 is 0 Å². The first-order chi connectivity index (χ1) is 10.1. The number of nitrogen functional groups attached to an aromatic ring is 1. The number of nitrogens with zero attached hydrogens (tertiary/aromatic N) is 2. The van der Waals surface area contributed by atoms with E-state index in [1.165, 1.54) is 0 Å². The van der Waals surface area contributed by atoms with Gasteiger partial charge in [0.05, 0.1) is 5.56 Å². The molecule has 2 N–H and O–H groups in total. The summed E-state index contributed by atoms with van der Waals surface area (Å²) in [5.41, 5.74) is 9.08. The van der Waals surface area contributed by atoms with E-state index in [1.54, 1.807) is 6.20 Å². The highest BCUT2D eigenvalue weighted by molar-refractivity contribution is 5.93. The SMILES string of the molecule is CCCN(Cc1cccc(N)c1)C(=O)c1ccc(C)nc1. The number of carbonyl (C=O) groups is 1. The third-order valence-corrected chi connectivity index (χ3v) is 3.26. The zero-order chi connectivity index (χ0) is 15.2. The minimum Gasteiger partial charge on any atom is -0.399 e. The number of nitrogens with two attached hydrogens (primary N) is 1. The molecule has 0 aliphatic heterocycles. The van der Waals surface area contributed by atoms with Gasteiger partial charge in [-0.3, -0.25) is 9.78 Å². The third-order valence-electron chi connectivity index (χ3n) is 3.26. The highest BCUT2D eigenvalue weighted by Crippen LogP contribution is 2.13. The summed E-state index contributed by atoms with van der Waals surface area (Å²) >= 11 is 0. The van der Waals surface area contributed by atoms with Gasteiger partial charge in [0.15, 0.2) is 0 Å². The second kappa shape index (κ2) is 6.88. The van der Waals surface area contributed by atoms with Crippen molar-refractivity contribution in [1.29, 1.82) is 0 Å². The lowest BCUT2D eigenvalue weighted by Crippen LogP contribution is -2.31. The first-order valence-corrected chi connectivity index (χ1v) is 7.16. The average molecular weight is 283 g/mol. The number of benzene rings is 1. The van der Waals surface area contributed by atoms with E-state index in [0.717, 1.165) is 17.7 Å². The Balaban J connectivity index is 2.18. The molecule has 0 saturated heterocycles. The number of hydrogen-bond acceptors (Lipinski definition) is 3. The minimum atomic E-state index is 0.00627. The van der Waals surface area contributed by atoms with E-state index in [0.29, 0.717) is 24.3 Å². The summed E-state index contributed by atoms with van der Waals surface area (Å²) in [5, 5.41) is 0. The van der Waals surface area contributed by atoms with Crippen LogP contribution in [0.3, 0.4) is 0 Å². The van der Waals surface area contributed by atoms with Crippen molar-refractivity contribution >= 4 is 11.6 Å². The predicted molar refractivity (Wildman–Crippen MR) is 84.9 cm³/mol. The summed E-state index contributed by atoms with van der Waals surface area (Å²) in [4.78, 5) is 18.6. The smallest absolute Gasteiger partial charge is 0.255 e. The molecule has 0 aliphatic carbocycles. The predicted octanol–water partition coefficient (Wildman–Crippen LogP) is 3.02. The van der Waals surface area contributed by atoms with Crippen LogP contribution >= 0.6 is 0 Å². The lowest BCUT2D eigenvalue weighted by Gasteiger charge is -2.22. The second-order valence-corrected chi connectivity index (χ2v) is 5.16. The van der Waals surface area contributed by atoms with Crippen LogP contribution in [0.1, 0.15) is 35.0 Å². The Morgan fingerprint density at radius 1 is 1.29 bits per heavy atom. The van der Waals surface area contributed by atoms with E-state index in [-0.39, 0.29) is 5.91 Å². The van der Waals surface area contributed by atoms with Gasteiger partial charge < -0.3 is 10.6 Å². The van der Waals surface area contributed by atoms with Crippen molar-refractivity contribution in [2.45, 2.75) is 26.8 Å². The number of hydrogen-bond donors (Lipinski definition) is 1. The van der Waals surface area contributed by atoms with Gasteiger partial charge in [-0.25, -0.2) is 0 Å². The van der Waals surface area contributed by atoms with Crippen LogP contribution < -0.4 is 5.73 Å². The topological polar surface area (TPSA) is 59.2 Å². The van der Waals surface area contributed by atoms with Gasteiger partial charge in [0.1, 0.15) is 0 Å². The van der Waals surface area contributed by atoms with Crippen LogP contribution in [-0.2, 0) is 6.54 Å². The van der Waals surface area contributed by atoms with E-state index < -0.39 is 0 Å². The van der Waals surface area contributed by atoms with Crippen LogP contribution in [-0.4, -0.2) is 22.3 Å². The van der Waals surface area contributed by atoms with Crippen LogP contribution in [0.2, 0.25) is 0 Å². The zero-order valence-corrected chi connectivity index (χ0v) is 12.5. The maximum absolute atomic E-state index is 12.6. The molecule has 0 atom stereocenters. The highest BCUT2D eigenvalue weighted by Gasteiger charge is 2.15. The molecule has 1 aromatic carbocycles. The van der Waals surface area contributed by atoms with Crippen molar-refractivity contribution in [2.24, 2.45) is 0 Å². The Morgan fingerprint density at radius 3 is 2.71 bits per heavy atom. The van der Waals surface area contributed by atoms with Gasteiger partial charge in [-0.1, -0.05) is 19.1 Å². The van der Waals surface area contributed by atoms with Gasteiger partial charge in [-0.05, 0) is 43.2 Å². The summed E-state index contributed by atoms with van der Waals surface area (Å²) in [7, 11) is 0. The molecular weight excluding hydrogens is 262 g/mol. The van der Waals surface area contributed by atoms with Gasteiger partial charge in [0, 0.05) is 30.7 Å². The molecule has 0 spiro atoms. The summed E-state index contributed by atoms with van der Waals surface area (Å²) in [5.74, 6) is 0.00627. The Bertz CT molecular complexity index is 608. The van der Waals surface area contributed by atoms with E-state index in [9.17, 15) is 4.79 Å². The number of aromatic nitrogens is 1. The Kier molecular flexibility index (Phi) is 4.93. The largest absolute Gasteiger partial charge is 0.399 e. The van der Waals surface area contributed by atoms with Crippen LogP contribution in [0.15, 0.2) is 42.6 Å². The van der Waals surface area contributed by atoms with Crippen molar-refractivity contribution in [1.82, 2.24) is 9.88 Å². The third kappa shape index (κ3) is 4.05. The standard InChI is InChI=1S/C17H21N3O/c1-3-9-20(12-14-5-4-6-16(18)10-14)17(21)15-8-7-13(2)19-11-15/h4-8,10-11H,3,9,12,18H2,1-2H3. The molecule has 21 heavy (non-hydrogen) atoms. The van der Waals surface area contributed by atoms with Gasteiger partial charge in [0.25, 0.3) is 5.91 Å². The van der Waals surface area contributed by atoms with Crippen molar-refractivity contribution in [3.63, 3.8) is 0 Å². The van der Waals surface area contributed by atoms with Gasteiger partial charge in [-0.15, -0.1) is 0 Å². The fraction of sp³-hybridized carbons (Fsp3) is 0.294. The quantitative estimate of drug-likeness (QED) is 0.858. The lowest BCUT2D eigenvalue weighted by atomic mass is 10.1. The molecule has 1 aromatic heterocycles. The lowest BCUT2D eigenvalue weighted by molar-refractivity contribution is 0.0743. The molecule has 1 amide bonds. The Morgan fingerprint density at radius 2 is 2.10 bits per heavy atom. The van der Waals surface area contributed by atoms with Crippen molar-refractivity contribution in [3.8, 4) is 0 Å². The number of amides is 1. The van der Waals surface area contributed by atoms with E-state index >= 15 is 0 Å².